The van der Waals surface area contributed by atoms with Crippen molar-refractivity contribution in [1.29, 1.82) is 0 Å². The number of aromatic nitrogens is 3. The molecule has 0 saturated heterocycles. The number of rotatable bonds is 1. The van der Waals surface area contributed by atoms with Crippen LogP contribution in [0.3, 0.4) is 0 Å². The smallest absolute Gasteiger partial charge is 0.241 e. The molecule has 5 nitrogen and oxygen atoms in total. The summed E-state index contributed by atoms with van der Waals surface area (Å²) in [6, 6.07) is 0. The Balaban J connectivity index is -0.000000000356. The third-order valence-electron chi connectivity index (χ3n) is 2.11. The molecule has 0 spiro atoms. The van der Waals surface area contributed by atoms with Gasteiger partial charge < -0.3 is 4.79 Å². The van der Waals surface area contributed by atoms with E-state index in [1.165, 1.54) is 0 Å². The van der Waals surface area contributed by atoms with E-state index >= 15 is 0 Å². The first kappa shape index (κ1) is 573. The third-order valence-corrected chi connectivity index (χ3v) is 2.11. The minimum atomic E-state index is 0. The van der Waals surface area contributed by atoms with Crippen LogP contribution in [0.4, 0.5) is 5.69 Å². The van der Waals surface area contributed by atoms with E-state index in [9.17, 15) is 4.79 Å². The second kappa shape index (κ2) is 493. The first-order chi connectivity index (χ1) is 6.69. The largest absolute Gasteiger partial charge is 0.376 e. The van der Waals surface area contributed by atoms with Crippen LogP contribution < -0.4 is 0 Å². The zero-order chi connectivity index (χ0) is 10.3. The van der Waals surface area contributed by atoms with E-state index in [2.05, 4.69) is 14.9 Å². The summed E-state index contributed by atoms with van der Waals surface area (Å²) < 4.78 is 1.63. The van der Waals surface area contributed by atoms with Gasteiger partial charge in [-0.2, -0.15) is 0 Å². The van der Waals surface area contributed by atoms with Crippen molar-refractivity contribution in [2.75, 3.05) is 0 Å². The van der Waals surface area contributed by atoms with Crippen molar-refractivity contribution in [3.63, 3.8) is 0 Å². The van der Waals surface area contributed by atoms with Crippen LogP contribution in [0.15, 0.2) is 0 Å². The van der Waals surface area contributed by atoms with Crippen LogP contribution in [0.1, 0.15) is 17.1 Å². The average molecular weight is 7390 g/mol. The van der Waals surface area contributed by atoms with E-state index in [1.54, 1.807) is 24.6 Å². The molecule has 0 amide bonds. The molecule has 313 valence electrons. The number of fused-ring (bicyclic) bond motifs is 1. The van der Waals surface area contributed by atoms with Crippen LogP contribution in [0.5, 0.6) is 0 Å². The van der Waals surface area contributed by atoms with Crippen LogP contribution in [-0.2, 0) is 2650 Å². The molecule has 0 saturated carbocycles. The van der Waals surface area contributed by atoms with Crippen molar-refractivity contribution in [3.8, 4) is 0 Å². The van der Waals surface area contributed by atoms with E-state index in [0.717, 1.165) is 0 Å². The monoisotopic (exact) mass is 7390 g/mol. The molecule has 2 rings (SSSR count). The number of nitrogens with zero attached hydrogens (tertiary/aromatic N) is 3. The minimum Gasteiger partial charge on any atom is -0.376 e. The molecule has 0 aromatic carbocycles. The van der Waals surface area contributed by atoms with E-state index in [1.807, 2.05) is 0 Å². The van der Waals surface area contributed by atoms with Gasteiger partial charge in [0, 0.05) is 2650 Å². The fraction of sp³-hybridized carbons (Fsp3) is 0.222. The molecule has 0 bridgehead atoms. The van der Waals surface area contributed by atoms with Crippen molar-refractivity contribution in [1.82, 2.24) is 14.6 Å². The summed E-state index contributed by atoms with van der Waals surface area (Å²) in [5.41, 5.74) is 1.72. The van der Waals surface area contributed by atoms with Gasteiger partial charge in [-0.3, -0.25) is 14.6 Å². The molecule has 2 heterocycles. The zero-order valence-electron chi connectivity index (χ0n) is 54.5. The molecule has 81 radical (unpaired) electrons. The van der Waals surface area contributed by atoms with Crippen molar-refractivity contribution >= 4 is 17.6 Å². The molecule has 0 fully saturated rings. The molecule has 2 aromatic rings. The Morgan fingerprint density at radius 3 is 0.432 bits per heavy atom. The Morgan fingerprint density at radius 2 is 0.347 bits per heavy atom. The summed E-state index contributed by atoms with van der Waals surface area (Å²) in [4.78, 5) is 18.1. The van der Waals surface area contributed by atoms with Gasteiger partial charge in [0.15, 0.2) is 0 Å². The van der Waals surface area contributed by atoms with Crippen LogP contribution in [-0.4, -0.2) is 20.9 Å². The molecule has 86 heteroatoms. The molecule has 1 N–H and O–H groups in total. The normalized spacial score (nSPS) is 1.53. The summed E-state index contributed by atoms with van der Waals surface area (Å²) >= 11 is 0. The summed E-state index contributed by atoms with van der Waals surface area (Å²) in [5, 5.41) is 2.94. The first-order valence-electron chi connectivity index (χ1n) is 4.02. The molecular formula is C9H7N4OY81-. The predicted molar refractivity (Wildman–Crippen MR) is 50.1 cm³/mol. The van der Waals surface area contributed by atoms with Gasteiger partial charge in [-0.05, 0) is 19.4 Å². The summed E-state index contributed by atoms with van der Waals surface area (Å²) in [6.45, 7) is 10.5. The Hall–Kier alpha value is 87.3. The van der Waals surface area contributed by atoms with Crippen LogP contribution in [0.2, 0.25) is 0 Å². The SMILES string of the molecule is [C-]#[N+]c1c([C-]=O)c2nc(C)[nH]n2c1C.[Y].[Y].[Y].[Y].[Y].[Y].[Y].[Y].[Y].[Y].[Y].[Y].[Y].[Y].[Y].[Y].[Y].[Y].[Y].[Y].[Y].[Y].[Y].[Y].[Y].[Y].[Y].[Y].[Y].[Y].[Y].[Y].[Y].[Y].[Y].[Y].[Y].[Y].[Y].[Y].[Y].[Y].[Y].[Y].[Y].[Y].[Y].[Y].[Y].[Y].[Y].[Y].[Y].[Y].[Y].[Y].[Y].[Y].[Y].[Y].[Y].[Y].[Y].[Y].[Y].[Y].[Y].[Y].[Y].[Y].[Y].[Y].[Y].[Y].[Y].[Y].[Y].[Y].[Y].[Y].[Y]. The molecule has 0 atom stereocenters. The predicted octanol–water partition coefficient (Wildman–Crippen LogP) is 1.09. The maximum absolute atomic E-state index is 10.7. The summed E-state index contributed by atoms with van der Waals surface area (Å²) in [7, 11) is 0. The Kier molecular flexibility index (Phi) is 2970. The van der Waals surface area contributed by atoms with E-state index in [4.69, 9.17) is 6.57 Å². The topological polar surface area (TPSA) is 54.5 Å². The minimum absolute atomic E-state index is 0. The fourth-order valence-corrected chi connectivity index (χ4v) is 1.48. The van der Waals surface area contributed by atoms with Gasteiger partial charge in [0.1, 0.15) is 12.4 Å². The van der Waals surface area contributed by atoms with E-state index < -0.39 is 0 Å². The van der Waals surface area contributed by atoms with Gasteiger partial charge in [0.05, 0.1) is 17.6 Å². The van der Waals surface area contributed by atoms with Crippen LogP contribution in [0, 0.1) is 20.4 Å². The van der Waals surface area contributed by atoms with Gasteiger partial charge in [0.25, 0.3) is 0 Å². The van der Waals surface area contributed by atoms with Crippen molar-refractivity contribution in [2.45, 2.75) is 13.8 Å². The summed E-state index contributed by atoms with van der Waals surface area (Å²) in [6.07, 6.45) is 1.76. The fourth-order valence-electron chi connectivity index (χ4n) is 1.48. The van der Waals surface area contributed by atoms with E-state index in [0.29, 0.717) is 22.9 Å². The van der Waals surface area contributed by atoms with Gasteiger partial charge in [-0.15, -0.1) is 0 Å². The maximum atomic E-state index is 10.7. The Labute approximate surface area is 2620 Å². The number of carbonyl (C=O) groups excluding carboxylic acids is 1. The average Bonchev–Trinajstić information content (AvgIpc) is 2.63. The molecule has 2 aromatic heterocycles. The second-order valence-electron chi connectivity index (χ2n) is 2.99. The number of hydrogen-bond acceptors (Lipinski definition) is 2. The quantitative estimate of drug-likeness (QED) is 0.436. The zero-order valence-corrected chi connectivity index (χ0v) is 284. The van der Waals surface area contributed by atoms with Crippen molar-refractivity contribution in [2.24, 2.45) is 0 Å². The van der Waals surface area contributed by atoms with Gasteiger partial charge in [-0.25, -0.2) is 4.85 Å². The standard InChI is InChI=1S/C9H7N4O.81Y/c1-5-8(10-3)7(4-14)9-11-6(2)12-13(5)9;;;;;;;;;;;;;;;;;;;;;;;;;;;;;;;;;;;;;;;;;;;;;;;;;;;;;;;;;;;;;;;;;;;;;;;;;;;;;;;;;/h1-2H3,(H,11,12);;;;;;;;;;;;;;;;;;;;;;;;;;;;;;;;;;;;;;;;;;;;;;;;;;;;;;;;;;;;;;;;;;;;;;;;;;;;;;;;;/q-1;;;;;;;;;;;;;;;;;;;;;;;;;;;;;;;;;;;;;;;;;;;;;;;;;;;;;;;;;;;;;;;;;;;;;;;;;;;;;;;;;. The number of nitrogens with one attached hydrogen (secondary N) is 1. The molecular weight excluding hydrogens is 7380 g/mol. The third kappa shape index (κ3) is 410. The molecule has 0 aliphatic carbocycles. The Morgan fingerprint density at radius 1 is 0.242 bits per heavy atom. The van der Waals surface area contributed by atoms with Crippen LogP contribution >= 0.6 is 0 Å². The second-order valence-corrected chi connectivity index (χ2v) is 2.99. The number of aryl methyl sites for hydroxylation is 2. The number of aromatic amines is 1. The number of H-pyrrole nitrogens is 1. The van der Waals surface area contributed by atoms with Crippen molar-refractivity contribution in [3.05, 3.63) is 28.5 Å². The summed E-state index contributed by atoms with van der Waals surface area (Å²) in [5.74, 6) is 0.705. The van der Waals surface area contributed by atoms with Gasteiger partial charge in [0.2, 0.25) is 5.69 Å². The Bertz CT molecular complexity index is 613. The number of hydrogen-bond donors (Lipinski definition) is 1. The van der Waals surface area contributed by atoms with Crippen LogP contribution in [0.25, 0.3) is 10.5 Å². The van der Waals surface area contributed by atoms with Gasteiger partial charge in [-0.1, -0.05) is 0 Å². The molecule has 95 heavy (non-hydrogen) atoms. The first-order valence-corrected chi connectivity index (χ1v) is 4.02. The molecule has 0 aliphatic rings. The van der Waals surface area contributed by atoms with Crippen molar-refractivity contribution < 1.29 is 2650 Å². The molecule has 0 aliphatic heterocycles. The molecule has 0 unspecified atom stereocenters. The maximum Gasteiger partial charge on any atom is 0.241 e. The van der Waals surface area contributed by atoms with E-state index in [-0.39, 0.29) is 2660 Å². The van der Waals surface area contributed by atoms with Gasteiger partial charge >= 0.3 is 0 Å².